The van der Waals surface area contributed by atoms with Gasteiger partial charge in [0, 0.05) is 17.0 Å². The van der Waals surface area contributed by atoms with E-state index in [0.717, 1.165) is 0 Å². The molecule has 9 nitrogen and oxygen atoms in total. The second-order valence-electron chi connectivity index (χ2n) is 4.19. The molecular weight excluding hydrogens is 292 g/mol. The Bertz CT molecular complexity index is 637. The second-order valence-corrected chi connectivity index (χ2v) is 4.19. The first kappa shape index (κ1) is 17.0. The van der Waals surface area contributed by atoms with E-state index in [1.807, 2.05) is 0 Å². The van der Waals surface area contributed by atoms with Gasteiger partial charge in [0.2, 0.25) is 5.91 Å². The summed E-state index contributed by atoms with van der Waals surface area (Å²) in [5.41, 5.74) is 9.34. The molecule has 1 rings (SSSR count). The van der Waals surface area contributed by atoms with Crippen molar-refractivity contribution in [1.29, 1.82) is 0 Å². The van der Waals surface area contributed by atoms with E-state index in [1.165, 1.54) is 25.3 Å². The van der Waals surface area contributed by atoms with E-state index >= 15 is 0 Å². The van der Waals surface area contributed by atoms with Gasteiger partial charge >= 0.3 is 11.9 Å². The van der Waals surface area contributed by atoms with Crippen LogP contribution in [-0.2, 0) is 20.9 Å². The summed E-state index contributed by atoms with van der Waals surface area (Å²) < 4.78 is 4.62. The third kappa shape index (κ3) is 5.14. The number of nitrogens with zero attached hydrogens (tertiary/aromatic N) is 3. The average molecular weight is 306 g/mol. The largest absolute Gasteiger partial charge is 0.481 e. The summed E-state index contributed by atoms with van der Waals surface area (Å²) >= 11 is 0. The molecule has 22 heavy (non-hydrogen) atoms. The minimum atomic E-state index is -1.07. The van der Waals surface area contributed by atoms with Gasteiger partial charge in [-0.3, -0.25) is 9.59 Å². The van der Waals surface area contributed by atoms with E-state index in [9.17, 15) is 14.4 Å². The van der Waals surface area contributed by atoms with Gasteiger partial charge in [-0.15, -0.1) is 0 Å². The fourth-order valence-electron chi connectivity index (χ4n) is 1.66. The highest BCUT2D eigenvalue weighted by Gasteiger charge is 2.13. The number of carboxylic acid groups (broad SMARTS) is 1. The fourth-order valence-corrected chi connectivity index (χ4v) is 1.66. The Kier molecular flexibility index (Phi) is 6.39. The molecule has 2 N–H and O–H groups in total. The number of amides is 1. The van der Waals surface area contributed by atoms with E-state index in [0.29, 0.717) is 11.3 Å². The Morgan fingerprint density at radius 3 is 2.68 bits per heavy atom. The van der Waals surface area contributed by atoms with E-state index in [1.54, 1.807) is 0 Å². The number of esters is 1. The number of rotatable bonds is 7. The van der Waals surface area contributed by atoms with Crippen LogP contribution >= 0.6 is 0 Å². The van der Waals surface area contributed by atoms with Gasteiger partial charge in [0.25, 0.3) is 0 Å². The molecule has 0 saturated carbocycles. The molecule has 0 aliphatic rings. The van der Waals surface area contributed by atoms with Crippen LogP contribution in [0, 0.1) is 0 Å². The summed E-state index contributed by atoms with van der Waals surface area (Å²) in [4.78, 5) is 36.2. The minimum Gasteiger partial charge on any atom is -0.481 e. The van der Waals surface area contributed by atoms with Crippen molar-refractivity contribution in [1.82, 2.24) is 0 Å². The Labute approximate surface area is 125 Å². The smallest absolute Gasteiger partial charge is 0.338 e. The van der Waals surface area contributed by atoms with Crippen LogP contribution in [0.25, 0.3) is 10.4 Å². The van der Waals surface area contributed by atoms with E-state index in [2.05, 4.69) is 20.1 Å². The number of carbonyl (C=O) groups excluding carboxylic acids is 2. The molecule has 0 unspecified atom stereocenters. The fraction of sp³-hybridized carbons (Fsp3) is 0.308. The average Bonchev–Trinajstić information content (AvgIpc) is 2.50. The van der Waals surface area contributed by atoms with Crippen LogP contribution in [0.2, 0.25) is 0 Å². The monoisotopic (exact) mass is 306 g/mol. The molecule has 1 aromatic rings. The normalized spacial score (nSPS) is 9.50. The molecule has 0 fully saturated rings. The zero-order chi connectivity index (χ0) is 16.5. The molecule has 9 heteroatoms. The van der Waals surface area contributed by atoms with Gasteiger partial charge in [-0.2, -0.15) is 0 Å². The minimum absolute atomic E-state index is 0.0836. The van der Waals surface area contributed by atoms with E-state index in [-0.39, 0.29) is 24.9 Å². The van der Waals surface area contributed by atoms with Crippen LogP contribution in [0.3, 0.4) is 0 Å². The summed E-state index contributed by atoms with van der Waals surface area (Å²) in [6.45, 7) is -0.0836. The number of carboxylic acids is 1. The first-order chi connectivity index (χ1) is 10.5. The van der Waals surface area contributed by atoms with E-state index < -0.39 is 17.8 Å². The van der Waals surface area contributed by atoms with Crippen molar-refractivity contribution in [2.45, 2.75) is 19.4 Å². The van der Waals surface area contributed by atoms with Crippen LogP contribution in [-0.4, -0.2) is 30.1 Å². The molecule has 0 spiro atoms. The zero-order valence-corrected chi connectivity index (χ0v) is 11.8. The van der Waals surface area contributed by atoms with Crippen LogP contribution in [0.4, 0.5) is 5.69 Å². The number of ether oxygens (including phenoxy) is 1. The number of hydrogen-bond acceptors (Lipinski definition) is 5. The molecule has 0 bridgehead atoms. The molecule has 1 aromatic carbocycles. The summed E-state index contributed by atoms with van der Waals surface area (Å²) in [6, 6.07) is 4.38. The maximum Gasteiger partial charge on any atom is 0.338 e. The van der Waals surface area contributed by atoms with Gasteiger partial charge in [0.05, 0.1) is 25.6 Å². The van der Waals surface area contributed by atoms with Gasteiger partial charge in [-0.25, -0.2) is 4.79 Å². The zero-order valence-electron chi connectivity index (χ0n) is 11.8. The van der Waals surface area contributed by atoms with Crippen LogP contribution < -0.4 is 5.32 Å². The molecular formula is C13H14N4O5. The van der Waals surface area contributed by atoms with Crippen molar-refractivity contribution in [3.05, 3.63) is 39.8 Å². The number of azide groups is 1. The summed E-state index contributed by atoms with van der Waals surface area (Å²) in [5.74, 6) is -2.13. The predicted molar refractivity (Wildman–Crippen MR) is 76.1 cm³/mol. The first-order valence-electron chi connectivity index (χ1n) is 6.21. The number of carbonyl (C=O) groups is 3. The van der Waals surface area contributed by atoms with Crippen LogP contribution in [0.1, 0.15) is 28.8 Å². The van der Waals surface area contributed by atoms with Gasteiger partial charge in [0.1, 0.15) is 0 Å². The number of aliphatic carboxylic acids is 1. The highest BCUT2D eigenvalue weighted by Crippen LogP contribution is 2.18. The lowest BCUT2D eigenvalue weighted by atomic mass is 10.1. The standard InChI is InChI=1S/C13H14N4O5/c1-22-13(21)10-3-2-9(6-8(10)7-15-17-14)16-11(18)4-5-12(19)20/h2-3,6H,4-5,7H2,1H3,(H,16,18)(H,19,20). The maximum absolute atomic E-state index is 11.6. The molecule has 0 radical (unpaired) electrons. The van der Waals surface area contributed by atoms with Crippen molar-refractivity contribution in [3.8, 4) is 0 Å². The molecule has 116 valence electrons. The highest BCUT2D eigenvalue weighted by atomic mass is 16.5. The summed E-state index contributed by atoms with van der Waals surface area (Å²) in [5, 5.41) is 14.4. The number of anilines is 1. The second kappa shape index (κ2) is 8.28. The lowest BCUT2D eigenvalue weighted by Gasteiger charge is -2.10. The van der Waals surface area contributed by atoms with Crippen LogP contribution in [0.5, 0.6) is 0 Å². The third-order valence-corrected chi connectivity index (χ3v) is 2.66. The number of hydrogen-bond donors (Lipinski definition) is 2. The van der Waals surface area contributed by atoms with Crippen molar-refractivity contribution >= 4 is 23.5 Å². The van der Waals surface area contributed by atoms with Gasteiger partial charge < -0.3 is 15.2 Å². The molecule has 0 aliphatic heterocycles. The van der Waals surface area contributed by atoms with Crippen molar-refractivity contribution < 1.29 is 24.2 Å². The van der Waals surface area contributed by atoms with Gasteiger partial charge in [-0.05, 0) is 29.3 Å². The van der Waals surface area contributed by atoms with E-state index in [4.69, 9.17) is 10.6 Å². The molecule has 1 amide bonds. The molecule has 0 saturated heterocycles. The molecule has 0 aromatic heterocycles. The number of methoxy groups -OCH3 is 1. The quantitative estimate of drug-likeness (QED) is 0.343. The Balaban J connectivity index is 2.93. The number of benzene rings is 1. The van der Waals surface area contributed by atoms with Crippen molar-refractivity contribution in [3.63, 3.8) is 0 Å². The Morgan fingerprint density at radius 1 is 1.36 bits per heavy atom. The predicted octanol–water partition coefficient (Wildman–Crippen LogP) is 2.09. The van der Waals surface area contributed by atoms with Crippen molar-refractivity contribution in [2.75, 3.05) is 12.4 Å². The first-order valence-corrected chi connectivity index (χ1v) is 6.21. The topological polar surface area (TPSA) is 141 Å². The summed E-state index contributed by atoms with van der Waals surface area (Å²) in [6.07, 6.45) is -0.447. The number of nitrogens with one attached hydrogen (secondary N) is 1. The molecule has 0 heterocycles. The van der Waals surface area contributed by atoms with Gasteiger partial charge in [-0.1, -0.05) is 5.11 Å². The van der Waals surface area contributed by atoms with Crippen molar-refractivity contribution in [2.24, 2.45) is 5.11 Å². The summed E-state index contributed by atoms with van der Waals surface area (Å²) in [7, 11) is 1.22. The lowest BCUT2D eigenvalue weighted by molar-refractivity contribution is -0.138. The van der Waals surface area contributed by atoms with Crippen LogP contribution in [0.15, 0.2) is 23.3 Å². The maximum atomic E-state index is 11.6. The third-order valence-electron chi connectivity index (χ3n) is 2.66. The highest BCUT2D eigenvalue weighted by molar-refractivity contribution is 5.95. The molecule has 0 atom stereocenters. The Hall–Kier alpha value is -3.06. The Morgan fingerprint density at radius 2 is 2.09 bits per heavy atom. The SMILES string of the molecule is COC(=O)c1ccc(NC(=O)CCC(=O)O)cc1CN=[N+]=[N-]. The lowest BCUT2D eigenvalue weighted by Crippen LogP contribution is -2.14. The van der Waals surface area contributed by atoms with Gasteiger partial charge in [0.15, 0.2) is 0 Å². The molecule has 0 aliphatic carbocycles.